The van der Waals surface area contributed by atoms with Gasteiger partial charge in [-0.2, -0.15) is 4.99 Å². The molecule has 3 rings (SSSR count). The van der Waals surface area contributed by atoms with Crippen molar-refractivity contribution < 1.29 is 9.72 Å². The third kappa shape index (κ3) is 4.46. The maximum Gasteiger partial charge on any atom is 0.288 e. The first-order chi connectivity index (χ1) is 14.0. The van der Waals surface area contributed by atoms with Crippen molar-refractivity contribution in [2.75, 3.05) is 0 Å². The van der Waals surface area contributed by atoms with E-state index >= 15 is 0 Å². The number of nitrogens with zero attached hydrogens (tertiary/aromatic N) is 3. The summed E-state index contributed by atoms with van der Waals surface area (Å²) in [6.07, 6.45) is 1.85. The van der Waals surface area contributed by atoms with E-state index in [9.17, 15) is 14.9 Å². The van der Waals surface area contributed by atoms with Crippen molar-refractivity contribution in [1.82, 2.24) is 4.57 Å². The molecule has 6 nitrogen and oxygen atoms in total. The maximum atomic E-state index is 12.7. The fourth-order valence-corrected chi connectivity index (χ4v) is 4.58. The number of nitro benzene ring substituents is 1. The zero-order chi connectivity index (χ0) is 21.0. The summed E-state index contributed by atoms with van der Waals surface area (Å²) in [5, 5.41) is 11.1. The van der Waals surface area contributed by atoms with Crippen LogP contribution in [0.3, 0.4) is 0 Å². The van der Waals surface area contributed by atoms with Crippen LogP contribution in [-0.2, 0) is 13.0 Å². The predicted molar refractivity (Wildman–Crippen MR) is 115 cm³/mol. The van der Waals surface area contributed by atoms with Crippen molar-refractivity contribution in [3.8, 4) is 11.3 Å². The second kappa shape index (κ2) is 9.15. The molecule has 0 aliphatic heterocycles. The van der Waals surface area contributed by atoms with Gasteiger partial charge in [0, 0.05) is 23.1 Å². The highest BCUT2D eigenvalue weighted by atomic mass is 35.5. The Morgan fingerprint density at radius 2 is 1.93 bits per heavy atom. The summed E-state index contributed by atoms with van der Waals surface area (Å²) in [4.78, 5) is 29.3. The van der Waals surface area contributed by atoms with Crippen LogP contribution in [-0.4, -0.2) is 15.4 Å². The van der Waals surface area contributed by atoms with Crippen LogP contribution in [0, 0.1) is 10.1 Å². The number of carbonyl (C=O) groups excluding carboxylic acids is 1. The van der Waals surface area contributed by atoms with Crippen LogP contribution in [0.1, 0.15) is 35.5 Å². The number of thiazole rings is 1. The molecule has 0 saturated heterocycles. The molecule has 0 atom stereocenters. The highest BCUT2D eigenvalue weighted by molar-refractivity contribution is 7.09. The fraction of sp³-hybridized carbons (Fsp3) is 0.238. The largest absolute Gasteiger partial charge is 0.316 e. The number of hydrogen-bond acceptors (Lipinski definition) is 4. The summed E-state index contributed by atoms with van der Waals surface area (Å²) in [5.41, 5.74) is 1.97. The number of benzene rings is 2. The molecule has 3 aromatic rings. The van der Waals surface area contributed by atoms with Crippen LogP contribution >= 0.6 is 22.9 Å². The van der Waals surface area contributed by atoms with Crippen LogP contribution in [0.25, 0.3) is 11.3 Å². The smallest absolute Gasteiger partial charge is 0.288 e. The lowest BCUT2D eigenvalue weighted by molar-refractivity contribution is -0.384. The predicted octanol–water partition coefficient (Wildman–Crippen LogP) is 5.49. The van der Waals surface area contributed by atoms with Gasteiger partial charge >= 0.3 is 0 Å². The molecular weight excluding hydrogens is 410 g/mol. The molecule has 29 heavy (non-hydrogen) atoms. The van der Waals surface area contributed by atoms with Gasteiger partial charge in [0.2, 0.25) is 0 Å². The lowest BCUT2D eigenvalue weighted by Gasteiger charge is -2.08. The van der Waals surface area contributed by atoms with E-state index in [2.05, 4.69) is 11.9 Å². The van der Waals surface area contributed by atoms with Crippen molar-refractivity contribution in [3.63, 3.8) is 0 Å². The molecule has 150 valence electrons. The van der Waals surface area contributed by atoms with E-state index in [0.717, 1.165) is 29.0 Å². The molecule has 0 unspecified atom stereocenters. The van der Waals surface area contributed by atoms with E-state index in [1.54, 1.807) is 0 Å². The molecule has 0 saturated carbocycles. The molecule has 0 aliphatic rings. The molecule has 0 aliphatic carbocycles. The molecule has 1 amide bonds. The SMILES string of the molecule is CCCc1sc(=NC(=O)c2ccc(Cl)c([N+](=O)[O-])c2)n(CC)c1-c1ccccc1. The van der Waals surface area contributed by atoms with Gasteiger partial charge in [0.1, 0.15) is 5.02 Å². The minimum absolute atomic E-state index is 0.0112. The molecule has 0 radical (unpaired) electrons. The van der Waals surface area contributed by atoms with Gasteiger partial charge < -0.3 is 4.57 Å². The number of rotatable bonds is 6. The van der Waals surface area contributed by atoms with Gasteiger partial charge in [-0.25, -0.2) is 0 Å². The third-order valence-electron chi connectivity index (χ3n) is 4.41. The number of aromatic nitrogens is 1. The van der Waals surface area contributed by atoms with Crippen LogP contribution < -0.4 is 4.80 Å². The summed E-state index contributed by atoms with van der Waals surface area (Å²) in [7, 11) is 0. The minimum Gasteiger partial charge on any atom is -0.316 e. The van der Waals surface area contributed by atoms with Gasteiger partial charge in [-0.05, 0) is 31.0 Å². The number of carbonyl (C=O) groups is 1. The summed E-state index contributed by atoms with van der Waals surface area (Å²) in [6, 6.07) is 14.0. The summed E-state index contributed by atoms with van der Waals surface area (Å²) in [6.45, 7) is 4.77. The number of nitro groups is 1. The standard InChI is InChI=1S/C21H20ClN3O3S/c1-3-8-18-19(14-9-6-5-7-10-14)24(4-2)21(29-18)23-20(26)15-11-12-16(22)17(13-15)25(27)28/h5-7,9-13H,3-4,8H2,1-2H3. The highest BCUT2D eigenvalue weighted by Crippen LogP contribution is 2.28. The zero-order valence-corrected chi connectivity index (χ0v) is 17.7. The minimum atomic E-state index is -0.608. The Kier molecular flexibility index (Phi) is 6.61. The van der Waals surface area contributed by atoms with Gasteiger partial charge in [0.15, 0.2) is 4.80 Å². The molecule has 0 spiro atoms. The Balaban J connectivity index is 2.13. The number of amides is 1. The van der Waals surface area contributed by atoms with E-state index < -0.39 is 10.8 Å². The van der Waals surface area contributed by atoms with E-state index in [1.807, 2.05) is 41.8 Å². The molecule has 0 fully saturated rings. The molecule has 2 aromatic carbocycles. The summed E-state index contributed by atoms with van der Waals surface area (Å²) >= 11 is 7.33. The van der Waals surface area contributed by atoms with Crippen LogP contribution in [0.5, 0.6) is 0 Å². The fourth-order valence-electron chi connectivity index (χ4n) is 3.08. The highest BCUT2D eigenvalue weighted by Gasteiger charge is 2.18. The normalized spacial score (nSPS) is 11.6. The first-order valence-electron chi connectivity index (χ1n) is 9.27. The van der Waals surface area contributed by atoms with Crippen molar-refractivity contribution in [2.45, 2.75) is 33.2 Å². The third-order valence-corrected chi connectivity index (χ3v) is 5.86. The Hall–Kier alpha value is -2.77. The summed E-state index contributed by atoms with van der Waals surface area (Å²) in [5.74, 6) is -0.532. The number of hydrogen-bond donors (Lipinski definition) is 0. The Morgan fingerprint density at radius 1 is 1.21 bits per heavy atom. The van der Waals surface area contributed by atoms with Gasteiger partial charge in [0.25, 0.3) is 11.6 Å². The first-order valence-corrected chi connectivity index (χ1v) is 10.5. The maximum absolute atomic E-state index is 12.7. The quantitative estimate of drug-likeness (QED) is 0.384. The topological polar surface area (TPSA) is 77.5 Å². The average molecular weight is 430 g/mol. The lowest BCUT2D eigenvalue weighted by atomic mass is 10.1. The molecule has 1 aromatic heterocycles. The van der Waals surface area contributed by atoms with E-state index in [1.165, 1.54) is 29.5 Å². The molecule has 8 heteroatoms. The Bertz CT molecular complexity index is 1120. The lowest BCUT2D eigenvalue weighted by Crippen LogP contribution is -2.17. The van der Waals surface area contributed by atoms with Crippen molar-refractivity contribution in [1.29, 1.82) is 0 Å². The Labute approximate surface area is 177 Å². The van der Waals surface area contributed by atoms with E-state index in [4.69, 9.17) is 11.6 Å². The number of halogens is 1. The number of aryl methyl sites for hydroxylation is 1. The van der Waals surface area contributed by atoms with Crippen LogP contribution in [0.4, 0.5) is 5.69 Å². The molecule has 1 heterocycles. The second-order valence-electron chi connectivity index (χ2n) is 6.36. The van der Waals surface area contributed by atoms with Crippen LogP contribution in [0.2, 0.25) is 5.02 Å². The molecule has 0 bridgehead atoms. The van der Waals surface area contributed by atoms with Crippen molar-refractivity contribution in [3.05, 3.63) is 78.9 Å². The van der Waals surface area contributed by atoms with Gasteiger partial charge in [-0.1, -0.05) is 55.3 Å². The van der Waals surface area contributed by atoms with Crippen molar-refractivity contribution in [2.24, 2.45) is 4.99 Å². The van der Waals surface area contributed by atoms with Gasteiger partial charge in [-0.15, -0.1) is 11.3 Å². The second-order valence-corrected chi connectivity index (χ2v) is 7.83. The Morgan fingerprint density at radius 3 is 2.55 bits per heavy atom. The molecular formula is C21H20ClN3O3S. The monoisotopic (exact) mass is 429 g/mol. The van der Waals surface area contributed by atoms with Crippen molar-refractivity contribution >= 4 is 34.5 Å². The van der Waals surface area contributed by atoms with Gasteiger partial charge in [0.05, 0.1) is 10.6 Å². The van der Waals surface area contributed by atoms with Gasteiger partial charge in [-0.3, -0.25) is 14.9 Å². The van der Waals surface area contributed by atoms with Crippen LogP contribution in [0.15, 0.2) is 53.5 Å². The van der Waals surface area contributed by atoms with E-state index in [-0.39, 0.29) is 16.3 Å². The first kappa shape index (κ1) is 21.0. The zero-order valence-electron chi connectivity index (χ0n) is 16.1. The van der Waals surface area contributed by atoms with E-state index in [0.29, 0.717) is 11.3 Å². The summed E-state index contributed by atoms with van der Waals surface area (Å²) < 4.78 is 2.02. The molecule has 0 N–H and O–H groups in total. The average Bonchev–Trinajstić information content (AvgIpc) is 3.05.